The fourth-order valence-corrected chi connectivity index (χ4v) is 3.66. The largest absolute Gasteiger partial charge is 0.300 e. The molecule has 1 amide bonds. The number of thiazole rings is 1. The van der Waals surface area contributed by atoms with E-state index in [9.17, 15) is 4.79 Å². The van der Waals surface area contributed by atoms with Crippen molar-refractivity contribution >= 4 is 34.6 Å². The maximum atomic E-state index is 12.3. The molecule has 3 aromatic rings. The van der Waals surface area contributed by atoms with Crippen LogP contribution in [0, 0.1) is 11.7 Å². The predicted molar refractivity (Wildman–Crippen MR) is 106 cm³/mol. The Hall–Kier alpha value is -2.32. The van der Waals surface area contributed by atoms with Crippen LogP contribution in [0.4, 0.5) is 5.13 Å². The summed E-state index contributed by atoms with van der Waals surface area (Å²) in [5.74, 6) is 0.642. The van der Waals surface area contributed by atoms with Crippen molar-refractivity contribution in [3.05, 3.63) is 57.1 Å². The SMILES string of the molecule is CCCc1n[nH]c(=S)n1CC(=O)Nc1ncc(Cc2ccc(C)cc2)s1. The summed E-state index contributed by atoms with van der Waals surface area (Å²) in [4.78, 5) is 17.8. The zero-order valence-electron chi connectivity index (χ0n) is 14.8. The molecular formula is C18H21N5OS2. The molecule has 0 bridgehead atoms. The Balaban J connectivity index is 1.62. The van der Waals surface area contributed by atoms with Crippen LogP contribution in [0.2, 0.25) is 0 Å². The number of carbonyl (C=O) groups is 1. The molecule has 0 saturated carbocycles. The van der Waals surface area contributed by atoms with Gasteiger partial charge in [-0.3, -0.25) is 14.5 Å². The van der Waals surface area contributed by atoms with Gasteiger partial charge in [0, 0.05) is 23.9 Å². The zero-order chi connectivity index (χ0) is 18.5. The Morgan fingerprint density at radius 2 is 2.12 bits per heavy atom. The van der Waals surface area contributed by atoms with E-state index in [0.29, 0.717) is 9.90 Å². The Morgan fingerprint density at radius 1 is 1.35 bits per heavy atom. The highest BCUT2D eigenvalue weighted by Gasteiger charge is 2.12. The predicted octanol–water partition coefficient (Wildman–Crippen LogP) is 3.89. The van der Waals surface area contributed by atoms with Crippen LogP contribution in [0.3, 0.4) is 0 Å². The van der Waals surface area contributed by atoms with Gasteiger partial charge in [-0.05, 0) is 31.1 Å². The monoisotopic (exact) mass is 387 g/mol. The second-order valence-electron chi connectivity index (χ2n) is 6.12. The molecule has 6 nitrogen and oxygen atoms in total. The van der Waals surface area contributed by atoms with Crippen LogP contribution in [0.5, 0.6) is 0 Å². The Kier molecular flexibility index (Phi) is 5.95. The summed E-state index contributed by atoms with van der Waals surface area (Å²) in [6.45, 7) is 4.27. The average Bonchev–Trinajstić information content (AvgIpc) is 3.18. The molecule has 0 aliphatic carbocycles. The normalized spacial score (nSPS) is 10.8. The summed E-state index contributed by atoms with van der Waals surface area (Å²) in [6, 6.07) is 8.43. The second kappa shape index (κ2) is 8.37. The lowest BCUT2D eigenvalue weighted by Crippen LogP contribution is -2.20. The van der Waals surface area contributed by atoms with Crippen molar-refractivity contribution in [2.24, 2.45) is 0 Å². The van der Waals surface area contributed by atoms with Crippen molar-refractivity contribution in [2.75, 3.05) is 5.32 Å². The van der Waals surface area contributed by atoms with Crippen molar-refractivity contribution in [3.63, 3.8) is 0 Å². The van der Waals surface area contributed by atoms with Crippen LogP contribution < -0.4 is 5.32 Å². The van der Waals surface area contributed by atoms with Crippen LogP contribution in [-0.4, -0.2) is 25.7 Å². The Bertz CT molecular complexity index is 939. The Morgan fingerprint density at radius 3 is 2.85 bits per heavy atom. The summed E-state index contributed by atoms with van der Waals surface area (Å²) in [5.41, 5.74) is 2.47. The molecule has 2 heterocycles. The highest BCUT2D eigenvalue weighted by Crippen LogP contribution is 2.21. The number of nitrogens with zero attached hydrogens (tertiary/aromatic N) is 3. The molecule has 1 aromatic carbocycles. The molecular weight excluding hydrogens is 366 g/mol. The number of rotatable bonds is 7. The molecule has 2 N–H and O–H groups in total. The third-order valence-corrected chi connectivity index (χ3v) is 5.14. The topological polar surface area (TPSA) is 75.6 Å². The quantitative estimate of drug-likeness (QED) is 0.603. The highest BCUT2D eigenvalue weighted by molar-refractivity contribution is 7.71. The molecule has 0 atom stereocenters. The van der Waals surface area contributed by atoms with E-state index in [-0.39, 0.29) is 12.5 Å². The van der Waals surface area contributed by atoms with E-state index in [4.69, 9.17) is 12.2 Å². The second-order valence-corrected chi connectivity index (χ2v) is 7.63. The summed E-state index contributed by atoms with van der Waals surface area (Å²) in [6.07, 6.45) is 4.34. The maximum absolute atomic E-state index is 12.3. The van der Waals surface area contributed by atoms with Crippen molar-refractivity contribution in [3.8, 4) is 0 Å². The molecule has 0 aliphatic rings. The van der Waals surface area contributed by atoms with E-state index in [1.165, 1.54) is 22.5 Å². The summed E-state index contributed by atoms with van der Waals surface area (Å²) in [7, 11) is 0. The molecule has 3 rings (SSSR count). The fraction of sp³-hybridized carbons (Fsp3) is 0.333. The number of hydrogen-bond donors (Lipinski definition) is 2. The van der Waals surface area contributed by atoms with Crippen LogP contribution in [0.15, 0.2) is 30.5 Å². The maximum Gasteiger partial charge on any atom is 0.246 e. The fourth-order valence-electron chi connectivity index (χ4n) is 2.58. The molecule has 0 fully saturated rings. The van der Waals surface area contributed by atoms with Crippen molar-refractivity contribution in [1.82, 2.24) is 19.7 Å². The molecule has 0 saturated heterocycles. The molecule has 2 aromatic heterocycles. The first-order valence-corrected chi connectivity index (χ1v) is 9.72. The van der Waals surface area contributed by atoms with Gasteiger partial charge in [0.2, 0.25) is 5.91 Å². The van der Waals surface area contributed by atoms with Gasteiger partial charge >= 0.3 is 0 Å². The molecule has 26 heavy (non-hydrogen) atoms. The standard InChI is InChI=1S/C18H21N5OS2/c1-3-4-15-21-22-18(25)23(15)11-16(24)20-17-19-10-14(26-17)9-13-7-5-12(2)6-8-13/h5-8,10H,3-4,9,11H2,1-2H3,(H,22,25)(H,19,20,24). The van der Waals surface area contributed by atoms with Gasteiger partial charge in [0.25, 0.3) is 0 Å². The van der Waals surface area contributed by atoms with E-state index in [1.807, 2.05) is 6.20 Å². The van der Waals surface area contributed by atoms with Crippen LogP contribution in [0.1, 0.15) is 35.2 Å². The average molecular weight is 388 g/mol. The van der Waals surface area contributed by atoms with Crippen molar-refractivity contribution in [1.29, 1.82) is 0 Å². The third kappa shape index (κ3) is 4.64. The first-order valence-electron chi connectivity index (χ1n) is 8.49. The first kappa shape index (κ1) is 18.5. The number of aromatic amines is 1. The van der Waals surface area contributed by atoms with Crippen LogP contribution in [-0.2, 0) is 24.2 Å². The lowest BCUT2D eigenvalue weighted by atomic mass is 10.1. The van der Waals surface area contributed by atoms with E-state index >= 15 is 0 Å². The van der Waals surface area contributed by atoms with Gasteiger partial charge in [0.05, 0.1) is 0 Å². The molecule has 0 radical (unpaired) electrons. The summed E-state index contributed by atoms with van der Waals surface area (Å²) in [5, 5.41) is 10.4. The van der Waals surface area contributed by atoms with Crippen LogP contribution in [0.25, 0.3) is 0 Å². The number of H-pyrrole nitrogens is 1. The van der Waals surface area contributed by atoms with E-state index < -0.39 is 0 Å². The number of aromatic nitrogens is 4. The highest BCUT2D eigenvalue weighted by atomic mass is 32.1. The van der Waals surface area contributed by atoms with Gasteiger partial charge < -0.3 is 5.32 Å². The van der Waals surface area contributed by atoms with E-state index in [0.717, 1.165) is 30.0 Å². The van der Waals surface area contributed by atoms with Gasteiger partial charge in [-0.15, -0.1) is 11.3 Å². The number of aryl methyl sites for hydroxylation is 2. The minimum Gasteiger partial charge on any atom is -0.300 e. The summed E-state index contributed by atoms with van der Waals surface area (Å²) < 4.78 is 2.19. The summed E-state index contributed by atoms with van der Waals surface area (Å²) >= 11 is 6.70. The van der Waals surface area contributed by atoms with Gasteiger partial charge in [-0.1, -0.05) is 36.8 Å². The van der Waals surface area contributed by atoms with Gasteiger partial charge in [-0.2, -0.15) is 5.10 Å². The molecule has 136 valence electrons. The minimum absolute atomic E-state index is 0.136. The third-order valence-electron chi connectivity index (χ3n) is 3.91. The lowest BCUT2D eigenvalue weighted by molar-refractivity contribution is -0.116. The number of carbonyl (C=O) groups excluding carboxylic acids is 1. The smallest absolute Gasteiger partial charge is 0.246 e. The number of benzene rings is 1. The van der Waals surface area contributed by atoms with Crippen molar-refractivity contribution < 1.29 is 4.79 Å². The number of nitrogens with one attached hydrogen (secondary N) is 2. The van der Waals surface area contributed by atoms with Gasteiger partial charge in [0.15, 0.2) is 9.90 Å². The van der Waals surface area contributed by atoms with Crippen molar-refractivity contribution in [2.45, 2.75) is 39.7 Å². The zero-order valence-corrected chi connectivity index (χ0v) is 16.4. The number of anilines is 1. The molecule has 0 spiro atoms. The Labute approximate surface area is 161 Å². The van der Waals surface area contributed by atoms with Gasteiger partial charge in [0.1, 0.15) is 12.4 Å². The first-order chi connectivity index (χ1) is 12.5. The molecule has 8 heteroatoms. The molecule has 0 unspecified atom stereocenters. The lowest BCUT2D eigenvalue weighted by Gasteiger charge is -2.05. The molecule has 0 aliphatic heterocycles. The van der Waals surface area contributed by atoms with Gasteiger partial charge in [-0.25, -0.2) is 4.98 Å². The number of hydrogen-bond acceptors (Lipinski definition) is 5. The van der Waals surface area contributed by atoms with E-state index in [2.05, 4.69) is 58.6 Å². The van der Waals surface area contributed by atoms with Crippen LogP contribution >= 0.6 is 23.6 Å². The number of amides is 1. The van der Waals surface area contributed by atoms with E-state index in [1.54, 1.807) is 4.57 Å². The minimum atomic E-state index is -0.156.